The maximum absolute atomic E-state index is 10.2. The summed E-state index contributed by atoms with van der Waals surface area (Å²) in [4.78, 5) is 0. The highest BCUT2D eigenvalue weighted by Gasteiger charge is 2.24. The number of hydrogen-bond acceptors (Lipinski definition) is 3. The minimum Gasteiger partial charge on any atom is -0.345 e. The van der Waals surface area contributed by atoms with Crippen molar-refractivity contribution in [2.24, 2.45) is 0 Å². The first-order chi connectivity index (χ1) is 9.04. The van der Waals surface area contributed by atoms with Crippen LogP contribution in [0.3, 0.4) is 0 Å². The third-order valence-corrected chi connectivity index (χ3v) is 4.03. The summed E-state index contributed by atoms with van der Waals surface area (Å²) in [5.41, 5.74) is 0. The fourth-order valence-corrected chi connectivity index (χ4v) is 2.45. The fraction of sp³-hybridized carbons (Fsp3) is 1.00. The quantitative estimate of drug-likeness (QED) is 0.178. The SMILES string of the molecule is CCCCCCCCCC(O)[N+](C)(C)CCCOS. The molecule has 0 aromatic carbocycles. The van der Waals surface area contributed by atoms with Crippen LogP contribution in [0.15, 0.2) is 0 Å². The van der Waals surface area contributed by atoms with Gasteiger partial charge in [0.1, 0.15) is 0 Å². The number of unbranched alkanes of at least 4 members (excludes halogenated alkanes) is 6. The molecule has 0 amide bonds. The standard InChI is InChI=1S/C15H33NO2S/c1-4-5-6-7-8-9-10-12-15(17)16(2,3)13-11-14-18-19/h15,17H,4-14H2,1-3H3/p+1. The van der Waals surface area contributed by atoms with Crippen LogP contribution in [-0.2, 0) is 4.18 Å². The van der Waals surface area contributed by atoms with Crippen molar-refractivity contribution in [3.63, 3.8) is 0 Å². The lowest BCUT2D eigenvalue weighted by Crippen LogP contribution is -2.49. The van der Waals surface area contributed by atoms with Gasteiger partial charge in [0.05, 0.1) is 27.2 Å². The van der Waals surface area contributed by atoms with Crippen molar-refractivity contribution in [3.8, 4) is 0 Å². The average Bonchev–Trinajstić information content (AvgIpc) is 2.37. The molecule has 1 unspecified atom stereocenters. The second-order valence-corrected chi connectivity index (χ2v) is 6.34. The van der Waals surface area contributed by atoms with Crippen molar-refractivity contribution in [1.29, 1.82) is 0 Å². The molecule has 0 saturated carbocycles. The van der Waals surface area contributed by atoms with Crippen LogP contribution in [0.4, 0.5) is 0 Å². The van der Waals surface area contributed by atoms with Crippen LogP contribution in [0.25, 0.3) is 0 Å². The number of hydrogen-bond donors (Lipinski definition) is 2. The number of nitrogens with zero attached hydrogens (tertiary/aromatic N) is 1. The lowest BCUT2D eigenvalue weighted by Gasteiger charge is -2.34. The third kappa shape index (κ3) is 10.7. The molecule has 1 atom stereocenters. The highest BCUT2D eigenvalue weighted by molar-refractivity contribution is 7.75. The van der Waals surface area contributed by atoms with Gasteiger partial charge in [-0.15, -0.1) is 0 Å². The molecule has 4 heteroatoms. The summed E-state index contributed by atoms with van der Waals surface area (Å²) in [6, 6.07) is 0. The van der Waals surface area contributed by atoms with Crippen molar-refractivity contribution < 1.29 is 13.8 Å². The highest BCUT2D eigenvalue weighted by Crippen LogP contribution is 2.15. The molecule has 116 valence electrons. The molecule has 0 fully saturated rings. The summed E-state index contributed by atoms with van der Waals surface area (Å²) in [6.07, 6.45) is 10.7. The van der Waals surface area contributed by atoms with E-state index in [4.69, 9.17) is 4.18 Å². The third-order valence-electron chi connectivity index (χ3n) is 3.84. The Morgan fingerprint density at radius 2 is 1.58 bits per heavy atom. The first kappa shape index (κ1) is 19.2. The molecule has 3 nitrogen and oxygen atoms in total. The summed E-state index contributed by atoms with van der Waals surface area (Å²) < 4.78 is 5.42. The average molecular weight is 293 g/mol. The predicted molar refractivity (Wildman–Crippen MR) is 85.1 cm³/mol. The lowest BCUT2D eigenvalue weighted by atomic mass is 10.1. The maximum Gasteiger partial charge on any atom is 0.190 e. The van der Waals surface area contributed by atoms with E-state index in [0.717, 1.165) is 25.8 Å². The molecule has 0 rings (SSSR count). The summed E-state index contributed by atoms with van der Waals surface area (Å²) in [5, 5.41) is 10.2. The Kier molecular flexibility index (Phi) is 12.2. The molecular weight excluding hydrogens is 258 g/mol. The molecule has 0 aromatic rings. The van der Waals surface area contributed by atoms with Gasteiger partial charge in [0, 0.05) is 12.8 Å². The zero-order chi connectivity index (χ0) is 14.6. The van der Waals surface area contributed by atoms with Crippen LogP contribution in [0, 0.1) is 0 Å². The van der Waals surface area contributed by atoms with Crippen LogP contribution in [0.1, 0.15) is 64.7 Å². The van der Waals surface area contributed by atoms with Crippen molar-refractivity contribution in [2.75, 3.05) is 27.2 Å². The van der Waals surface area contributed by atoms with E-state index < -0.39 is 0 Å². The van der Waals surface area contributed by atoms with Gasteiger partial charge < -0.3 is 13.8 Å². The predicted octanol–water partition coefficient (Wildman–Crippen LogP) is 3.77. The molecule has 0 bridgehead atoms. The Bertz CT molecular complexity index is 201. The van der Waals surface area contributed by atoms with Crippen LogP contribution in [0.2, 0.25) is 0 Å². The van der Waals surface area contributed by atoms with Gasteiger partial charge in [0.2, 0.25) is 0 Å². The highest BCUT2D eigenvalue weighted by atomic mass is 32.1. The van der Waals surface area contributed by atoms with E-state index in [-0.39, 0.29) is 6.23 Å². The maximum atomic E-state index is 10.2. The molecule has 0 radical (unpaired) electrons. The van der Waals surface area contributed by atoms with E-state index in [0.29, 0.717) is 11.1 Å². The van der Waals surface area contributed by atoms with Crippen molar-refractivity contribution >= 4 is 12.9 Å². The van der Waals surface area contributed by atoms with Gasteiger partial charge in [-0.2, -0.15) is 0 Å². The van der Waals surface area contributed by atoms with E-state index in [9.17, 15) is 5.11 Å². The van der Waals surface area contributed by atoms with Crippen molar-refractivity contribution in [1.82, 2.24) is 0 Å². The van der Waals surface area contributed by atoms with Gasteiger partial charge in [-0.3, -0.25) is 0 Å². The van der Waals surface area contributed by atoms with Gasteiger partial charge in [0.25, 0.3) is 0 Å². The smallest absolute Gasteiger partial charge is 0.190 e. The van der Waals surface area contributed by atoms with Gasteiger partial charge in [-0.05, 0) is 19.3 Å². The summed E-state index contributed by atoms with van der Waals surface area (Å²) in [6.45, 7) is 3.82. The molecule has 0 spiro atoms. The number of quaternary nitrogens is 1. The summed E-state index contributed by atoms with van der Waals surface area (Å²) in [5.74, 6) is 0. The van der Waals surface area contributed by atoms with E-state index in [2.05, 4.69) is 33.9 Å². The first-order valence-electron chi connectivity index (χ1n) is 7.81. The number of rotatable bonds is 13. The van der Waals surface area contributed by atoms with E-state index in [1.54, 1.807) is 0 Å². The van der Waals surface area contributed by atoms with Gasteiger partial charge >= 0.3 is 0 Å². The van der Waals surface area contributed by atoms with Crippen LogP contribution in [0.5, 0.6) is 0 Å². The minimum atomic E-state index is -0.254. The molecule has 0 aromatic heterocycles. The molecule has 1 N–H and O–H groups in total. The Labute approximate surface area is 125 Å². The molecule has 0 heterocycles. The first-order valence-corrected chi connectivity index (χ1v) is 8.18. The number of thiol groups is 1. The molecule has 0 aliphatic carbocycles. The van der Waals surface area contributed by atoms with Crippen LogP contribution >= 0.6 is 12.9 Å². The molecule has 19 heavy (non-hydrogen) atoms. The second-order valence-electron chi connectivity index (χ2n) is 6.08. The Morgan fingerprint density at radius 3 is 2.16 bits per heavy atom. The summed E-state index contributed by atoms with van der Waals surface area (Å²) in [7, 11) is 4.18. The topological polar surface area (TPSA) is 29.5 Å². The monoisotopic (exact) mass is 292 g/mol. The van der Waals surface area contributed by atoms with Gasteiger partial charge in [-0.1, -0.05) is 45.4 Å². The Morgan fingerprint density at radius 1 is 1.00 bits per heavy atom. The molecule has 0 saturated heterocycles. The Balaban J connectivity index is 3.57. The summed E-state index contributed by atoms with van der Waals surface area (Å²) >= 11 is 3.74. The minimum absolute atomic E-state index is 0.254. The van der Waals surface area contributed by atoms with E-state index in [1.165, 1.54) is 38.5 Å². The van der Waals surface area contributed by atoms with Gasteiger partial charge in [-0.25, -0.2) is 0 Å². The zero-order valence-corrected chi connectivity index (χ0v) is 14.0. The number of aliphatic hydroxyl groups excluding tert-OH is 1. The zero-order valence-electron chi connectivity index (χ0n) is 13.1. The Hall–Kier alpha value is 0.230. The number of aliphatic hydroxyl groups is 1. The van der Waals surface area contributed by atoms with E-state index in [1.807, 2.05) is 0 Å². The molecule has 0 aliphatic rings. The lowest BCUT2D eigenvalue weighted by molar-refractivity contribution is -0.937. The van der Waals surface area contributed by atoms with E-state index >= 15 is 0 Å². The van der Waals surface area contributed by atoms with Crippen LogP contribution in [-0.4, -0.2) is 43.1 Å². The van der Waals surface area contributed by atoms with Crippen molar-refractivity contribution in [2.45, 2.75) is 70.9 Å². The normalized spacial score (nSPS) is 13.7. The van der Waals surface area contributed by atoms with Crippen molar-refractivity contribution in [3.05, 3.63) is 0 Å². The molecule has 0 aliphatic heterocycles. The fourth-order valence-electron chi connectivity index (χ4n) is 2.32. The second kappa shape index (κ2) is 12.0. The van der Waals surface area contributed by atoms with Gasteiger partial charge in [0.15, 0.2) is 6.23 Å². The largest absolute Gasteiger partial charge is 0.345 e. The molecular formula is C15H34NO2S+. The van der Waals surface area contributed by atoms with Crippen LogP contribution < -0.4 is 0 Å².